The molecule has 1 amide bonds. The van der Waals surface area contributed by atoms with Crippen LogP contribution in [0, 0.1) is 6.92 Å². The van der Waals surface area contributed by atoms with Crippen LogP contribution < -0.4 is 10.2 Å². The Hall–Kier alpha value is -2.99. The van der Waals surface area contributed by atoms with Gasteiger partial charge in [-0.15, -0.1) is 12.4 Å². The summed E-state index contributed by atoms with van der Waals surface area (Å²) in [6.07, 6.45) is 4.58. The van der Waals surface area contributed by atoms with Crippen molar-refractivity contribution in [3.8, 4) is 5.75 Å². The molecule has 0 aliphatic carbocycles. The number of imidazole rings is 1. The van der Waals surface area contributed by atoms with E-state index in [0.717, 1.165) is 4.31 Å². The number of nitrogens with zero attached hydrogens (tertiary/aromatic N) is 3. The van der Waals surface area contributed by atoms with Crippen molar-refractivity contribution in [2.45, 2.75) is 30.8 Å². The zero-order chi connectivity index (χ0) is 22.4. The smallest absolute Gasteiger partial charge is 0.262 e. The Morgan fingerprint density at radius 3 is 2.50 bits per heavy atom. The number of ether oxygens (including phenoxy) is 1. The monoisotopic (exact) mass is 481 g/mol. The quantitative estimate of drug-likeness (QED) is 0.313. The Balaban J connectivity index is 0.00000363. The number of aromatic nitrogens is 3. The first kappa shape index (κ1) is 25.3. The third-order valence-corrected chi connectivity index (χ3v) is 6.53. The van der Waals surface area contributed by atoms with Gasteiger partial charge in [0.05, 0.1) is 12.0 Å². The van der Waals surface area contributed by atoms with Crippen LogP contribution in [0.5, 0.6) is 5.75 Å². The number of halogens is 1. The van der Waals surface area contributed by atoms with E-state index < -0.39 is 22.0 Å². The molecule has 32 heavy (non-hydrogen) atoms. The van der Waals surface area contributed by atoms with Gasteiger partial charge in [0, 0.05) is 37.3 Å². The van der Waals surface area contributed by atoms with Gasteiger partial charge in [-0.1, -0.05) is 6.07 Å². The number of hydrogen-bond acceptors (Lipinski definition) is 7. The summed E-state index contributed by atoms with van der Waals surface area (Å²) in [4.78, 5) is 23.7. The molecule has 3 N–H and O–H groups in total. The number of sulfonamides is 1. The predicted molar refractivity (Wildman–Crippen MR) is 118 cm³/mol. The third kappa shape index (κ3) is 5.82. The van der Waals surface area contributed by atoms with Crippen molar-refractivity contribution in [1.29, 1.82) is 0 Å². The predicted octanol–water partition coefficient (Wildman–Crippen LogP) is 1.85. The lowest BCUT2D eigenvalue weighted by Crippen LogP contribution is -2.49. The summed E-state index contributed by atoms with van der Waals surface area (Å²) in [5.41, 5.74) is 2.71. The molecule has 3 aromatic rings. The number of carbonyl (C=O) groups is 1. The molecule has 172 valence electrons. The van der Waals surface area contributed by atoms with Crippen LogP contribution >= 0.6 is 12.4 Å². The molecule has 1 unspecified atom stereocenters. The summed E-state index contributed by atoms with van der Waals surface area (Å²) in [6.45, 7) is 1.61. The number of rotatable bonds is 9. The number of hydroxylamine groups is 1. The van der Waals surface area contributed by atoms with E-state index in [0.29, 0.717) is 22.8 Å². The Morgan fingerprint density at radius 1 is 1.25 bits per heavy atom. The highest BCUT2D eigenvalue weighted by Gasteiger charge is 2.36. The maximum atomic E-state index is 13.6. The van der Waals surface area contributed by atoms with Gasteiger partial charge in [-0.2, -0.15) is 4.31 Å². The van der Waals surface area contributed by atoms with E-state index in [2.05, 4.69) is 15.0 Å². The molecular weight excluding hydrogens is 458 g/mol. The van der Waals surface area contributed by atoms with Crippen molar-refractivity contribution < 1.29 is 23.2 Å². The molecule has 3 rings (SSSR count). The fraction of sp³-hybridized carbons (Fsp3) is 0.250. The largest absolute Gasteiger partial charge is 0.497 e. The number of benzene rings is 1. The van der Waals surface area contributed by atoms with Crippen LogP contribution in [0.1, 0.15) is 17.1 Å². The first-order valence-corrected chi connectivity index (χ1v) is 10.8. The standard InChI is InChI=1S/C20H23N5O5S.ClH/c1-14-22-12-16(23-14)10-19(20(26)24-27)25(13-15-4-3-9-21-11-15)31(28,29)18-7-5-17(30-2)6-8-18;/h3-9,11-12,19,27H,10,13H2,1-2H3,(H,22,23)(H,24,26);1H. The number of amides is 1. The molecule has 10 nitrogen and oxygen atoms in total. The number of aryl methyl sites for hydroxylation is 1. The number of methoxy groups -OCH3 is 1. The lowest BCUT2D eigenvalue weighted by atomic mass is 10.1. The zero-order valence-electron chi connectivity index (χ0n) is 17.4. The Labute approximate surface area is 192 Å². The van der Waals surface area contributed by atoms with Crippen LogP contribution in [0.15, 0.2) is 59.9 Å². The first-order chi connectivity index (χ1) is 14.8. The Bertz CT molecular complexity index is 1120. The number of aromatic amines is 1. The summed E-state index contributed by atoms with van der Waals surface area (Å²) in [5.74, 6) is 0.249. The second-order valence-corrected chi connectivity index (χ2v) is 8.67. The highest BCUT2D eigenvalue weighted by Crippen LogP contribution is 2.25. The topological polar surface area (TPSA) is 138 Å². The summed E-state index contributed by atoms with van der Waals surface area (Å²) < 4.78 is 33.3. The molecule has 0 radical (unpaired) electrons. The Kier molecular flexibility index (Phi) is 8.72. The van der Waals surface area contributed by atoms with Crippen LogP contribution in [0.2, 0.25) is 0 Å². The highest BCUT2D eigenvalue weighted by atomic mass is 35.5. The molecular formula is C20H24ClN5O5S. The van der Waals surface area contributed by atoms with Gasteiger partial charge in [0.2, 0.25) is 10.0 Å². The molecule has 0 fully saturated rings. The van der Waals surface area contributed by atoms with E-state index in [1.54, 1.807) is 30.7 Å². The number of H-pyrrole nitrogens is 1. The zero-order valence-corrected chi connectivity index (χ0v) is 19.1. The van der Waals surface area contributed by atoms with Crippen molar-refractivity contribution in [3.05, 3.63) is 72.1 Å². The minimum Gasteiger partial charge on any atom is -0.497 e. The lowest BCUT2D eigenvalue weighted by Gasteiger charge is -2.29. The molecule has 2 heterocycles. The average molecular weight is 482 g/mol. The van der Waals surface area contributed by atoms with Crippen molar-refractivity contribution in [2.75, 3.05) is 7.11 Å². The second kappa shape index (κ2) is 11.0. The SMILES string of the molecule is COc1ccc(S(=O)(=O)N(Cc2cccnc2)C(Cc2cnc(C)[nH]2)C(=O)NO)cc1.Cl. The number of carbonyl (C=O) groups excluding carboxylic acids is 1. The molecule has 1 atom stereocenters. The van der Waals surface area contributed by atoms with E-state index >= 15 is 0 Å². The van der Waals surface area contributed by atoms with Gasteiger partial charge in [0.25, 0.3) is 5.91 Å². The van der Waals surface area contributed by atoms with Crippen molar-refractivity contribution in [3.63, 3.8) is 0 Å². The molecule has 12 heteroatoms. The van der Waals surface area contributed by atoms with E-state index in [1.165, 1.54) is 43.8 Å². The third-order valence-electron chi connectivity index (χ3n) is 4.66. The Morgan fingerprint density at radius 2 is 1.97 bits per heavy atom. The number of pyridine rings is 1. The minimum absolute atomic E-state index is 0. The van der Waals surface area contributed by atoms with Crippen molar-refractivity contribution >= 4 is 28.3 Å². The van der Waals surface area contributed by atoms with E-state index in [4.69, 9.17) is 4.74 Å². The van der Waals surface area contributed by atoms with Gasteiger partial charge in [-0.25, -0.2) is 18.9 Å². The van der Waals surface area contributed by atoms with Gasteiger partial charge in [-0.05, 0) is 42.8 Å². The molecule has 0 aliphatic rings. The molecule has 0 aliphatic heterocycles. The van der Waals surface area contributed by atoms with Crippen LogP contribution in [-0.4, -0.2) is 51.9 Å². The van der Waals surface area contributed by atoms with Crippen LogP contribution in [0.3, 0.4) is 0 Å². The van der Waals surface area contributed by atoms with E-state index in [9.17, 15) is 18.4 Å². The first-order valence-electron chi connectivity index (χ1n) is 9.34. The molecule has 0 saturated carbocycles. The van der Waals surface area contributed by atoms with Gasteiger partial charge in [0.15, 0.2) is 0 Å². The van der Waals surface area contributed by atoms with Gasteiger partial charge < -0.3 is 9.72 Å². The fourth-order valence-corrected chi connectivity index (χ4v) is 4.68. The minimum atomic E-state index is -4.15. The molecule has 1 aromatic carbocycles. The van der Waals surface area contributed by atoms with Gasteiger partial charge >= 0.3 is 0 Å². The normalized spacial score (nSPS) is 12.1. The van der Waals surface area contributed by atoms with Crippen LogP contribution in [0.4, 0.5) is 0 Å². The van der Waals surface area contributed by atoms with Gasteiger partial charge in [-0.3, -0.25) is 15.0 Å². The maximum Gasteiger partial charge on any atom is 0.262 e. The lowest BCUT2D eigenvalue weighted by molar-refractivity contribution is -0.133. The van der Waals surface area contributed by atoms with Crippen molar-refractivity contribution in [1.82, 2.24) is 24.7 Å². The number of hydrogen-bond donors (Lipinski definition) is 3. The average Bonchev–Trinajstić information content (AvgIpc) is 3.21. The summed E-state index contributed by atoms with van der Waals surface area (Å²) in [5, 5.41) is 9.33. The molecule has 0 bridgehead atoms. The molecule has 0 spiro atoms. The molecule has 2 aromatic heterocycles. The summed E-state index contributed by atoms with van der Waals surface area (Å²) >= 11 is 0. The van der Waals surface area contributed by atoms with Gasteiger partial charge in [0.1, 0.15) is 17.6 Å². The van der Waals surface area contributed by atoms with E-state index in [-0.39, 0.29) is 30.3 Å². The highest BCUT2D eigenvalue weighted by molar-refractivity contribution is 7.89. The summed E-state index contributed by atoms with van der Waals surface area (Å²) in [6, 6.07) is 7.97. The summed E-state index contributed by atoms with van der Waals surface area (Å²) in [7, 11) is -2.67. The van der Waals surface area contributed by atoms with Crippen LogP contribution in [0.25, 0.3) is 0 Å². The maximum absolute atomic E-state index is 13.6. The number of nitrogens with one attached hydrogen (secondary N) is 2. The van der Waals surface area contributed by atoms with E-state index in [1.807, 2.05) is 0 Å². The fourth-order valence-electron chi connectivity index (χ4n) is 3.10. The molecule has 0 saturated heterocycles. The second-order valence-electron chi connectivity index (χ2n) is 6.78. The van der Waals surface area contributed by atoms with Crippen LogP contribution in [-0.2, 0) is 27.8 Å². The van der Waals surface area contributed by atoms with Crippen molar-refractivity contribution in [2.24, 2.45) is 0 Å².